The molecule has 1 N–H and O–H groups in total. The number of benzene rings is 1. The standard InChI is InChI=1S/C20H23FN4O2/c21-17-8-6-16(7-9-17)20(27)23-11-3-5-19(26)25-14-12-24(13-15-25)18-4-1-2-10-22-18/h1-2,4,6-10H,3,5,11-15H2,(H,23,27). The zero-order valence-electron chi connectivity index (χ0n) is 15.1. The number of halogens is 1. The van der Waals surface area contributed by atoms with Gasteiger partial charge in [0.25, 0.3) is 5.91 Å². The highest BCUT2D eigenvalue weighted by Gasteiger charge is 2.21. The van der Waals surface area contributed by atoms with Gasteiger partial charge in [-0.15, -0.1) is 0 Å². The van der Waals surface area contributed by atoms with Gasteiger partial charge in [0.15, 0.2) is 0 Å². The molecule has 1 aliphatic heterocycles. The van der Waals surface area contributed by atoms with E-state index in [-0.39, 0.29) is 17.6 Å². The van der Waals surface area contributed by atoms with Crippen molar-refractivity contribution < 1.29 is 14.0 Å². The Morgan fingerprint density at radius 2 is 1.78 bits per heavy atom. The normalized spacial score (nSPS) is 14.1. The fraction of sp³-hybridized carbons (Fsp3) is 0.350. The van der Waals surface area contributed by atoms with Crippen molar-refractivity contribution >= 4 is 17.6 Å². The Morgan fingerprint density at radius 1 is 1.04 bits per heavy atom. The lowest BCUT2D eigenvalue weighted by Crippen LogP contribution is -2.49. The van der Waals surface area contributed by atoms with E-state index in [1.807, 2.05) is 23.1 Å². The van der Waals surface area contributed by atoms with E-state index in [4.69, 9.17) is 0 Å². The second kappa shape index (κ2) is 9.12. The number of pyridine rings is 1. The molecule has 1 fully saturated rings. The van der Waals surface area contributed by atoms with Crippen LogP contribution in [0, 0.1) is 5.82 Å². The minimum Gasteiger partial charge on any atom is -0.353 e. The van der Waals surface area contributed by atoms with Crippen LogP contribution in [0.2, 0.25) is 0 Å². The van der Waals surface area contributed by atoms with E-state index in [9.17, 15) is 14.0 Å². The van der Waals surface area contributed by atoms with Gasteiger partial charge in [0.05, 0.1) is 0 Å². The molecular weight excluding hydrogens is 347 g/mol. The van der Waals surface area contributed by atoms with Gasteiger partial charge in [-0.1, -0.05) is 6.07 Å². The number of hydrogen-bond acceptors (Lipinski definition) is 4. The van der Waals surface area contributed by atoms with Gasteiger partial charge in [-0.05, 0) is 42.8 Å². The highest BCUT2D eigenvalue weighted by atomic mass is 19.1. The van der Waals surface area contributed by atoms with Crippen LogP contribution in [0.3, 0.4) is 0 Å². The summed E-state index contributed by atoms with van der Waals surface area (Å²) in [5.74, 6) is 0.409. The number of carbonyl (C=O) groups is 2. The first-order chi connectivity index (χ1) is 13.1. The molecule has 142 valence electrons. The molecule has 2 heterocycles. The fourth-order valence-electron chi connectivity index (χ4n) is 3.03. The average molecular weight is 370 g/mol. The number of amides is 2. The van der Waals surface area contributed by atoms with E-state index in [1.165, 1.54) is 24.3 Å². The second-order valence-electron chi connectivity index (χ2n) is 6.42. The molecule has 0 saturated carbocycles. The summed E-state index contributed by atoms with van der Waals surface area (Å²) in [5, 5.41) is 2.76. The van der Waals surface area contributed by atoms with Gasteiger partial charge in [0.1, 0.15) is 11.6 Å². The quantitative estimate of drug-likeness (QED) is 0.791. The highest BCUT2D eigenvalue weighted by molar-refractivity contribution is 5.94. The lowest BCUT2D eigenvalue weighted by Gasteiger charge is -2.35. The van der Waals surface area contributed by atoms with Crippen LogP contribution in [0.5, 0.6) is 0 Å². The Hall–Kier alpha value is -2.96. The van der Waals surface area contributed by atoms with Gasteiger partial charge in [0.2, 0.25) is 5.91 Å². The molecule has 1 saturated heterocycles. The Labute approximate surface area is 158 Å². The van der Waals surface area contributed by atoms with Crippen LogP contribution in [-0.4, -0.2) is 54.4 Å². The second-order valence-corrected chi connectivity index (χ2v) is 6.42. The molecule has 1 aliphatic rings. The van der Waals surface area contributed by atoms with Crippen molar-refractivity contribution in [2.24, 2.45) is 0 Å². The molecule has 2 amide bonds. The lowest BCUT2D eigenvalue weighted by atomic mass is 10.2. The van der Waals surface area contributed by atoms with E-state index in [2.05, 4.69) is 15.2 Å². The number of carbonyl (C=O) groups excluding carboxylic acids is 2. The topological polar surface area (TPSA) is 65.5 Å². The summed E-state index contributed by atoms with van der Waals surface area (Å²) in [7, 11) is 0. The minimum absolute atomic E-state index is 0.103. The zero-order valence-corrected chi connectivity index (χ0v) is 15.1. The van der Waals surface area contributed by atoms with Crippen molar-refractivity contribution in [3.8, 4) is 0 Å². The van der Waals surface area contributed by atoms with Crippen molar-refractivity contribution in [1.82, 2.24) is 15.2 Å². The summed E-state index contributed by atoms with van der Waals surface area (Å²) in [6.45, 7) is 3.30. The van der Waals surface area contributed by atoms with Crippen LogP contribution in [0.4, 0.5) is 10.2 Å². The molecule has 0 bridgehead atoms. The van der Waals surface area contributed by atoms with E-state index >= 15 is 0 Å². The Morgan fingerprint density at radius 3 is 2.44 bits per heavy atom. The first kappa shape index (κ1) is 18.8. The largest absolute Gasteiger partial charge is 0.353 e. The number of aromatic nitrogens is 1. The van der Waals surface area contributed by atoms with Gasteiger partial charge >= 0.3 is 0 Å². The van der Waals surface area contributed by atoms with Crippen molar-refractivity contribution in [3.05, 3.63) is 60.0 Å². The first-order valence-electron chi connectivity index (χ1n) is 9.11. The molecule has 0 radical (unpaired) electrons. The van der Waals surface area contributed by atoms with Crippen molar-refractivity contribution in [3.63, 3.8) is 0 Å². The number of piperazine rings is 1. The Kier molecular flexibility index (Phi) is 6.35. The van der Waals surface area contributed by atoms with Gasteiger partial charge in [-0.3, -0.25) is 9.59 Å². The van der Waals surface area contributed by atoms with Crippen molar-refractivity contribution in [2.45, 2.75) is 12.8 Å². The van der Waals surface area contributed by atoms with Crippen LogP contribution >= 0.6 is 0 Å². The third kappa shape index (κ3) is 5.26. The molecule has 6 nitrogen and oxygen atoms in total. The summed E-state index contributed by atoms with van der Waals surface area (Å²) < 4.78 is 12.9. The van der Waals surface area contributed by atoms with E-state index < -0.39 is 0 Å². The van der Waals surface area contributed by atoms with E-state index in [0.29, 0.717) is 38.0 Å². The van der Waals surface area contributed by atoms with Gasteiger partial charge in [0, 0.05) is 50.9 Å². The van der Waals surface area contributed by atoms with E-state index in [0.717, 1.165) is 18.9 Å². The summed E-state index contributed by atoms with van der Waals surface area (Å²) in [6.07, 6.45) is 2.74. The lowest BCUT2D eigenvalue weighted by molar-refractivity contribution is -0.131. The van der Waals surface area contributed by atoms with Gasteiger partial charge in [-0.2, -0.15) is 0 Å². The van der Waals surface area contributed by atoms with Crippen LogP contribution in [0.25, 0.3) is 0 Å². The molecule has 0 unspecified atom stereocenters. The Balaban J connectivity index is 1.35. The van der Waals surface area contributed by atoms with Crippen LogP contribution in [-0.2, 0) is 4.79 Å². The SMILES string of the molecule is O=C(NCCCC(=O)N1CCN(c2ccccn2)CC1)c1ccc(F)cc1. The van der Waals surface area contributed by atoms with Gasteiger partial charge in [-0.25, -0.2) is 9.37 Å². The molecule has 27 heavy (non-hydrogen) atoms. The predicted octanol–water partition coefficient (Wildman–Crippen LogP) is 2.08. The molecule has 1 aromatic carbocycles. The van der Waals surface area contributed by atoms with Crippen molar-refractivity contribution in [2.75, 3.05) is 37.6 Å². The molecule has 2 aromatic rings. The number of rotatable bonds is 6. The maximum Gasteiger partial charge on any atom is 0.251 e. The maximum absolute atomic E-state index is 12.9. The number of nitrogens with one attached hydrogen (secondary N) is 1. The highest BCUT2D eigenvalue weighted by Crippen LogP contribution is 2.13. The first-order valence-corrected chi connectivity index (χ1v) is 9.11. The summed E-state index contributed by atoms with van der Waals surface area (Å²) in [5.41, 5.74) is 0.411. The van der Waals surface area contributed by atoms with Crippen LogP contribution in [0.15, 0.2) is 48.7 Å². The molecule has 0 aliphatic carbocycles. The number of hydrogen-bond donors (Lipinski definition) is 1. The third-order valence-corrected chi connectivity index (χ3v) is 4.57. The molecule has 0 atom stereocenters. The molecule has 7 heteroatoms. The maximum atomic E-state index is 12.9. The predicted molar refractivity (Wildman–Crippen MR) is 101 cm³/mol. The fourth-order valence-corrected chi connectivity index (χ4v) is 3.03. The monoisotopic (exact) mass is 370 g/mol. The molecule has 3 rings (SSSR count). The summed E-state index contributed by atoms with van der Waals surface area (Å²) in [4.78, 5) is 32.6. The summed E-state index contributed by atoms with van der Waals surface area (Å²) in [6, 6.07) is 11.2. The van der Waals surface area contributed by atoms with Crippen molar-refractivity contribution in [1.29, 1.82) is 0 Å². The Bertz CT molecular complexity index is 759. The zero-order chi connectivity index (χ0) is 19.1. The van der Waals surface area contributed by atoms with E-state index in [1.54, 1.807) is 6.20 Å². The minimum atomic E-state index is -0.375. The molecular formula is C20H23FN4O2. The van der Waals surface area contributed by atoms with Crippen LogP contribution in [0.1, 0.15) is 23.2 Å². The molecule has 1 aromatic heterocycles. The smallest absolute Gasteiger partial charge is 0.251 e. The average Bonchev–Trinajstić information content (AvgIpc) is 2.72. The summed E-state index contributed by atoms with van der Waals surface area (Å²) >= 11 is 0. The molecule has 0 spiro atoms. The number of nitrogens with zero attached hydrogens (tertiary/aromatic N) is 3. The van der Waals surface area contributed by atoms with Gasteiger partial charge < -0.3 is 15.1 Å². The number of anilines is 1. The van der Waals surface area contributed by atoms with Crippen LogP contribution < -0.4 is 10.2 Å². The third-order valence-electron chi connectivity index (χ3n) is 4.57.